The Hall–Kier alpha value is -2.77. The quantitative estimate of drug-likeness (QED) is 0.648. The number of nitrogens with zero attached hydrogens (tertiary/aromatic N) is 3. The Balaban J connectivity index is 2.49. The molecule has 92 valence electrons. The van der Waals surface area contributed by atoms with E-state index in [0.717, 1.165) is 6.20 Å². The molecule has 18 heavy (non-hydrogen) atoms. The number of hydrogen-bond donors (Lipinski definition) is 1. The van der Waals surface area contributed by atoms with Crippen molar-refractivity contribution in [2.45, 2.75) is 6.92 Å². The number of pyridine rings is 1. The number of carboxylic acids is 1. The highest BCUT2D eigenvalue weighted by molar-refractivity contribution is 5.94. The second-order valence-electron chi connectivity index (χ2n) is 3.44. The summed E-state index contributed by atoms with van der Waals surface area (Å²) in [6.07, 6.45) is 1.03. The summed E-state index contributed by atoms with van der Waals surface area (Å²) in [6.45, 7) is 1.49. The summed E-state index contributed by atoms with van der Waals surface area (Å²) in [5.74, 6) is -1.21. The molecule has 0 unspecified atom stereocenters. The lowest BCUT2D eigenvalue weighted by molar-refractivity contribution is -0.385. The second kappa shape index (κ2) is 4.24. The van der Waals surface area contributed by atoms with E-state index in [1.165, 1.54) is 19.1 Å². The van der Waals surface area contributed by atoms with Gasteiger partial charge in [0.15, 0.2) is 5.76 Å². The van der Waals surface area contributed by atoms with Gasteiger partial charge in [0.2, 0.25) is 0 Å². The lowest BCUT2D eigenvalue weighted by atomic mass is 10.1. The van der Waals surface area contributed by atoms with Gasteiger partial charge in [-0.3, -0.25) is 10.1 Å². The van der Waals surface area contributed by atoms with Gasteiger partial charge in [-0.2, -0.15) is 0 Å². The zero-order chi connectivity index (χ0) is 13.3. The van der Waals surface area contributed by atoms with Crippen LogP contribution in [0.15, 0.2) is 22.9 Å². The van der Waals surface area contributed by atoms with Crippen molar-refractivity contribution in [2.75, 3.05) is 0 Å². The third-order valence-corrected chi connectivity index (χ3v) is 2.27. The van der Waals surface area contributed by atoms with Gasteiger partial charge in [-0.15, -0.1) is 0 Å². The lowest BCUT2D eigenvalue weighted by Gasteiger charge is -1.97. The number of aryl methyl sites for hydroxylation is 1. The molecular formula is C10H7N3O5. The fourth-order valence-electron chi connectivity index (χ4n) is 1.42. The maximum absolute atomic E-state index is 11.0. The van der Waals surface area contributed by atoms with Crippen molar-refractivity contribution in [1.82, 2.24) is 10.1 Å². The minimum Gasteiger partial charge on any atom is -0.477 e. The molecule has 2 heterocycles. The summed E-state index contributed by atoms with van der Waals surface area (Å²) in [5.41, 5.74) is 0.111. The SMILES string of the molecule is Cc1noc(-c2ccc([N+](=O)[O-])cn2)c1C(=O)O. The highest BCUT2D eigenvalue weighted by atomic mass is 16.6. The van der Waals surface area contributed by atoms with Crippen LogP contribution in [0.4, 0.5) is 5.69 Å². The zero-order valence-corrected chi connectivity index (χ0v) is 9.15. The highest BCUT2D eigenvalue weighted by Gasteiger charge is 2.22. The van der Waals surface area contributed by atoms with Gasteiger partial charge < -0.3 is 9.63 Å². The van der Waals surface area contributed by atoms with Crippen LogP contribution >= 0.6 is 0 Å². The molecule has 0 aliphatic heterocycles. The first kappa shape index (κ1) is 11.7. The highest BCUT2D eigenvalue weighted by Crippen LogP contribution is 2.25. The van der Waals surface area contributed by atoms with Gasteiger partial charge in [-0.1, -0.05) is 5.16 Å². The van der Waals surface area contributed by atoms with Gasteiger partial charge in [0, 0.05) is 6.07 Å². The average Bonchev–Trinajstić information content (AvgIpc) is 2.71. The van der Waals surface area contributed by atoms with Crippen LogP contribution in [-0.2, 0) is 0 Å². The van der Waals surface area contributed by atoms with Crippen LogP contribution in [0.2, 0.25) is 0 Å². The fourth-order valence-corrected chi connectivity index (χ4v) is 1.42. The Morgan fingerprint density at radius 3 is 2.72 bits per heavy atom. The first-order valence-electron chi connectivity index (χ1n) is 4.81. The number of rotatable bonds is 3. The topological polar surface area (TPSA) is 119 Å². The van der Waals surface area contributed by atoms with Gasteiger partial charge in [-0.05, 0) is 13.0 Å². The van der Waals surface area contributed by atoms with Gasteiger partial charge in [0.05, 0.1) is 10.6 Å². The standard InChI is InChI=1S/C10H7N3O5/c1-5-8(10(14)15)9(18-12-5)7-3-2-6(4-11-7)13(16)17/h2-4H,1H3,(H,14,15). The van der Waals surface area contributed by atoms with Gasteiger partial charge in [0.1, 0.15) is 17.5 Å². The molecule has 0 aliphatic carbocycles. The summed E-state index contributed by atoms with van der Waals surface area (Å²) >= 11 is 0. The van der Waals surface area contributed by atoms with Gasteiger partial charge in [-0.25, -0.2) is 9.78 Å². The van der Waals surface area contributed by atoms with Crippen molar-refractivity contribution in [2.24, 2.45) is 0 Å². The van der Waals surface area contributed by atoms with E-state index >= 15 is 0 Å². The molecule has 0 saturated heterocycles. The summed E-state index contributed by atoms with van der Waals surface area (Å²) in [7, 11) is 0. The lowest BCUT2D eigenvalue weighted by Crippen LogP contribution is -2.00. The molecule has 0 amide bonds. The van der Waals surface area contributed by atoms with E-state index in [2.05, 4.69) is 10.1 Å². The predicted octanol–water partition coefficient (Wildman–Crippen LogP) is 1.65. The van der Waals surface area contributed by atoms with E-state index in [1.54, 1.807) is 0 Å². The van der Waals surface area contributed by atoms with Crippen LogP contribution in [0, 0.1) is 17.0 Å². The number of nitro groups is 1. The number of carbonyl (C=O) groups is 1. The number of aromatic nitrogens is 2. The summed E-state index contributed by atoms with van der Waals surface area (Å²) in [5, 5.41) is 23.0. The molecule has 2 aromatic rings. The molecule has 0 bridgehead atoms. The Kier molecular flexibility index (Phi) is 2.76. The van der Waals surface area contributed by atoms with E-state index in [-0.39, 0.29) is 28.4 Å². The molecule has 8 nitrogen and oxygen atoms in total. The molecule has 0 saturated carbocycles. The normalized spacial score (nSPS) is 10.3. The van der Waals surface area contributed by atoms with Crippen molar-refractivity contribution in [3.63, 3.8) is 0 Å². The number of carboxylic acid groups (broad SMARTS) is 1. The molecule has 0 spiro atoms. The first-order chi connectivity index (χ1) is 8.50. The Morgan fingerprint density at radius 2 is 2.22 bits per heavy atom. The Labute approximate surface area is 100 Å². The number of aromatic carboxylic acids is 1. The number of hydrogen-bond acceptors (Lipinski definition) is 6. The third-order valence-electron chi connectivity index (χ3n) is 2.27. The zero-order valence-electron chi connectivity index (χ0n) is 9.15. The molecule has 8 heteroatoms. The summed E-state index contributed by atoms with van der Waals surface area (Å²) < 4.78 is 4.88. The predicted molar refractivity (Wildman–Crippen MR) is 58.1 cm³/mol. The summed E-state index contributed by atoms with van der Waals surface area (Å²) in [4.78, 5) is 24.7. The van der Waals surface area contributed by atoms with Crippen molar-refractivity contribution in [3.8, 4) is 11.5 Å². The third kappa shape index (κ3) is 1.90. The molecule has 0 aliphatic rings. The molecular weight excluding hydrogens is 242 g/mol. The van der Waals surface area contributed by atoms with Gasteiger partial charge >= 0.3 is 5.97 Å². The molecule has 0 radical (unpaired) electrons. The van der Waals surface area contributed by atoms with Crippen LogP contribution in [-0.4, -0.2) is 26.1 Å². The Bertz CT molecular complexity index is 617. The average molecular weight is 249 g/mol. The minimum atomic E-state index is -1.19. The molecule has 2 aromatic heterocycles. The maximum Gasteiger partial charge on any atom is 0.341 e. The van der Waals surface area contributed by atoms with Crippen molar-refractivity contribution in [3.05, 3.63) is 39.7 Å². The largest absolute Gasteiger partial charge is 0.477 e. The molecule has 0 aromatic carbocycles. The molecule has 0 fully saturated rings. The van der Waals surface area contributed by atoms with Crippen molar-refractivity contribution >= 4 is 11.7 Å². The monoisotopic (exact) mass is 249 g/mol. The van der Waals surface area contributed by atoms with Crippen LogP contribution in [0.5, 0.6) is 0 Å². The molecule has 0 atom stereocenters. The van der Waals surface area contributed by atoms with Gasteiger partial charge in [0.25, 0.3) is 5.69 Å². The Morgan fingerprint density at radius 1 is 1.50 bits per heavy atom. The van der Waals surface area contributed by atoms with Crippen molar-refractivity contribution < 1.29 is 19.3 Å². The minimum absolute atomic E-state index is 0.0186. The second-order valence-corrected chi connectivity index (χ2v) is 3.44. The van der Waals surface area contributed by atoms with Crippen LogP contribution in [0.1, 0.15) is 16.1 Å². The first-order valence-corrected chi connectivity index (χ1v) is 4.81. The van der Waals surface area contributed by atoms with E-state index in [4.69, 9.17) is 9.63 Å². The van der Waals surface area contributed by atoms with E-state index in [0.29, 0.717) is 0 Å². The maximum atomic E-state index is 11.0. The van der Waals surface area contributed by atoms with E-state index < -0.39 is 10.9 Å². The smallest absolute Gasteiger partial charge is 0.341 e. The molecule has 1 N–H and O–H groups in total. The van der Waals surface area contributed by atoms with E-state index in [9.17, 15) is 14.9 Å². The van der Waals surface area contributed by atoms with Crippen LogP contribution < -0.4 is 0 Å². The van der Waals surface area contributed by atoms with Crippen LogP contribution in [0.3, 0.4) is 0 Å². The van der Waals surface area contributed by atoms with E-state index in [1.807, 2.05) is 0 Å². The summed E-state index contributed by atoms with van der Waals surface area (Å²) in [6, 6.07) is 2.52. The van der Waals surface area contributed by atoms with Crippen molar-refractivity contribution in [1.29, 1.82) is 0 Å². The fraction of sp³-hybridized carbons (Fsp3) is 0.100. The molecule has 2 rings (SSSR count). The van der Waals surface area contributed by atoms with Crippen LogP contribution in [0.25, 0.3) is 11.5 Å².